The number of aromatic nitrogens is 2. The zero-order valence-corrected chi connectivity index (χ0v) is 16.7. The Balaban J connectivity index is 2.25. The fourth-order valence-corrected chi connectivity index (χ4v) is 2.86. The summed E-state index contributed by atoms with van der Waals surface area (Å²) in [5.41, 5.74) is 1.38. The third-order valence-corrected chi connectivity index (χ3v) is 4.38. The molecule has 0 aliphatic carbocycles. The Morgan fingerprint density at radius 2 is 2.11 bits per heavy atom. The minimum atomic E-state index is -0.847. The normalized spacial score (nSPS) is 17.2. The van der Waals surface area contributed by atoms with Crippen LogP contribution in [0.1, 0.15) is 38.1 Å². The number of ether oxygens (including phenoxy) is 1. The van der Waals surface area contributed by atoms with Crippen molar-refractivity contribution in [3.05, 3.63) is 35.7 Å². The fraction of sp³-hybridized carbons (Fsp3) is 0.556. The average molecular weight is 393 g/mol. The molecule has 0 aromatic carbocycles. The lowest BCUT2D eigenvalue weighted by Gasteiger charge is -2.23. The van der Waals surface area contributed by atoms with Crippen LogP contribution in [0.5, 0.6) is 0 Å². The van der Waals surface area contributed by atoms with Crippen molar-refractivity contribution in [2.24, 2.45) is 17.3 Å². The molecule has 0 fully saturated rings. The largest absolute Gasteiger partial charge is 0.506 e. The lowest BCUT2D eigenvalue weighted by Crippen LogP contribution is -2.37. The van der Waals surface area contributed by atoms with Gasteiger partial charge in [-0.1, -0.05) is 26.8 Å². The number of carbonyl (C=O) groups is 1. The third kappa shape index (κ3) is 4.39. The van der Waals surface area contributed by atoms with E-state index in [1.807, 2.05) is 13.8 Å². The molecular weight excluding hydrogens is 366 g/mol. The topological polar surface area (TPSA) is 111 Å². The van der Waals surface area contributed by atoms with Crippen LogP contribution < -0.4 is 0 Å². The van der Waals surface area contributed by atoms with Crippen molar-refractivity contribution in [1.29, 1.82) is 0 Å². The first-order valence-corrected chi connectivity index (χ1v) is 9.12. The maximum atomic E-state index is 12.6. The Labute approximate surface area is 164 Å². The van der Waals surface area contributed by atoms with E-state index in [0.29, 0.717) is 13.0 Å². The van der Waals surface area contributed by atoms with E-state index in [2.05, 4.69) is 21.8 Å². The molecule has 1 amide bonds. The number of azo groups is 1. The number of methoxy groups -OCH3 is 1. The molecular formula is C18H27N5O5. The second-order valence-electron chi connectivity index (χ2n) is 6.12. The van der Waals surface area contributed by atoms with E-state index in [1.165, 1.54) is 18.3 Å². The number of unbranched alkanes of at least 4 members (excludes halogenated alkanes) is 1. The maximum Gasteiger partial charge on any atom is 0.280 e. The van der Waals surface area contributed by atoms with Crippen LogP contribution in [-0.2, 0) is 39.4 Å². The summed E-state index contributed by atoms with van der Waals surface area (Å²) in [5.74, 6) is -0.391. The van der Waals surface area contributed by atoms with Crippen molar-refractivity contribution in [2.45, 2.75) is 45.9 Å². The van der Waals surface area contributed by atoms with Gasteiger partial charge in [-0.25, -0.2) is 4.98 Å². The Morgan fingerprint density at radius 1 is 1.36 bits per heavy atom. The van der Waals surface area contributed by atoms with E-state index >= 15 is 0 Å². The first-order valence-electron chi connectivity index (χ1n) is 9.12. The molecule has 1 aromatic rings. The summed E-state index contributed by atoms with van der Waals surface area (Å²) in [4.78, 5) is 28.2. The van der Waals surface area contributed by atoms with Crippen molar-refractivity contribution in [3.63, 3.8) is 0 Å². The zero-order chi connectivity index (χ0) is 20.7. The minimum Gasteiger partial charge on any atom is -0.506 e. The van der Waals surface area contributed by atoms with Gasteiger partial charge in [-0.05, 0) is 12.8 Å². The van der Waals surface area contributed by atoms with Gasteiger partial charge >= 0.3 is 0 Å². The third-order valence-electron chi connectivity index (χ3n) is 4.38. The first-order chi connectivity index (χ1) is 13.5. The molecule has 10 heteroatoms. The molecule has 0 saturated heterocycles. The molecule has 1 aromatic heterocycles. The summed E-state index contributed by atoms with van der Waals surface area (Å²) in [7, 11) is 3.18. The number of hydrogen-bond donors (Lipinski definition) is 1. The number of carbonyl (C=O) groups excluding carboxylic acids is 1. The van der Waals surface area contributed by atoms with Crippen LogP contribution in [0.3, 0.4) is 0 Å². The smallest absolute Gasteiger partial charge is 0.280 e. The molecule has 2 rings (SSSR count). The molecule has 2 heterocycles. The average Bonchev–Trinajstić information content (AvgIpc) is 3.11. The van der Waals surface area contributed by atoms with Gasteiger partial charge in [-0.2, -0.15) is 4.89 Å². The summed E-state index contributed by atoms with van der Waals surface area (Å²) in [6.07, 6.45) is 2.68. The quantitative estimate of drug-likeness (QED) is 0.203. The number of amides is 1. The summed E-state index contributed by atoms with van der Waals surface area (Å²) in [5, 5.41) is 18.4. The molecule has 28 heavy (non-hydrogen) atoms. The summed E-state index contributed by atoms with van der Waals surface area (Å²) in [6.45, 7) is 7.99. The molecule has 0 bridgehead atoms. The highest BCUT2D eigenvalue weighted by Crippen LogP contribution is 2.28. The second kappa shape index (κ2) is 10.00. The van der Waals surface area contributed by atoms with Gasteiger partial charge in [-0.3, -0.25) is 4.79 Å². The van der Waals surface area contributed by atoms with Crippen LogP contribution >= 0.6 is 0 Å². The monoisotopic (exact) mass is 393 g/mol. The van der Waals surface area contributed by atoms with Gasteiger partial charge in [0.1, 0.15) is 12.9 Å². The van der Waals surface area contributed by atoms with Gasteiger partial charge in [0.15, 0.2) is 17.7 Å². The van der Waals surface area contributed by atoms with E-state index in [4.69, 9.17) is 14.5 Å². The van der Waals surface area contributed by atoms with E-state index < -0.39 is 12.1 Å². The molecule has 1 N–H and O–H groups in total. The Hall–Kier alpha value is -2.72. The van der Waals surface area contributed by atoms with Gasteiger partial charge in [0.25, 0.3) is 5.91 Å². The van der Waals surface area contributed by atoms with E-state index in [0.717, 1.165) is 24.2 Å². The van der Waals surface area contributed by atoms with Crippen molar-refractivity contribution in [1.82, 2.24) is 14.5 Å². The number of aliphatic hydroxyl groups excluding tert-OH is 1. The lowest BCUT2D eigenvalue weighted by molar-refractivity contribution is -0.259. The molecule has 1 unspecified atom stereocenters. The minimum absolute atomic E-state index is 0.142. The van der Waals surface area contributed by atoms with Crippen LogP contribution in [0.4, 0.5) is 5.95 Å². The summed E-state index contributed by atoms with van der Waals surface area (Å²) < 4.78 is 6.93. The molecule has 0 radical (unpaired) electrons. The number of imidazole rings is 1. The Morgan fingerprint density at radius 3 is 2.71 bits per heavy atom. The zero-order valence-electron chi connectivity index (χ0n) is 16.7. The number of rotatable bonds is 11. The van der Waals surface area contributed by atoms with E-state index in [9.17, 15) is 9.90 Å². The fourth-order valence-electron chi connectivity index (χ4n) is 2.86. The lowest BCUT2D eigenvalue weighted by atomic mass is 10.3. The van der Waals surface area contributed by atoms with Crippen LogP contribution in [-0.4, -0.2) is 45.3 Å². The molecule has 0 saturated carbocycles. The van der Waals surface area contributed by atoms with Crippen LogP contribution in [0.2, 0.25) is 0 Å². The van der Waals surface area contributed by atoms with Crippen LogP contribution in [0, 0.1) is 0 Å². The van der Waals surface area contributed by atoms with Gasteiger partial charge in [-0.15, -0.1) is 10.2 Å². The van der Waals surface area contributed by atoms with Crippen molar-refractivity contribution < 1.29 is 24.4 Å². The number of aliphatic hydroxyl groups is 1. The van der Waals surface area contributed by atoms with Gasteiger partial charge in [0.2, 0.25) is 5.95 Å². The van der Waals surface area contributed by atoms with E-state index in [1.54, 1.807) is 11.6 Å². The predicted octanol–water partition coefficient (Wildman–Crippen LogP) is 3.04. The summed E-state index contributed by atoms with van der Waals surface area (Å²) in [6, 6.07) is 0. The Kier molecular flexibility index (Phi) is 7.70. The Bertz CT molecular complexity index is 771. The van der Waals surface area contributed by atoms with Crippen molar-refractivity contribution in [3.8, 4) is 0 Å². The first kappa shape index (κ1) is 21.6. The van der Waals surface area contributed by atoms with E-state index in [-0.39, 0.29) is 24.0 Å². The van der Waals surface area contributed by atoms with Crippen molar-refractivity contribution >= 4 is 11.9 Å². The predicted molar refractivity (Wildman–Crippen MR) is 100 cm³/mol. The highest BCUT2D eigenvalue weighted by Gasteiger charge is 2.40. The van der Waals surface area contributed by atoms with Crippen LogP contribution in [0.25, 0.3) is 0 Å². The molecule has 1 atom stereocenters. The van der Waals surface area contributed by atoms with Crippen LogP contribution in [0.15, 0.2) is 34.5 Å². The van der Waals surface area contributed by atoms with Gasteiger partial charge < -0.3 is 24.2 Å². The standard InChI is InChI=1S/C18H27N5O5/c1-6-9-10-23-16(25)14(15(24)17(23)26-5)20-21-18-19-12(7-2)13(22(18)4)11-28-27-8-3/h8,17,24H,3,6-7,9-11H2,1-2,4-5H3. The van der Waals surface area contributed by atoms with Gasteiger partial charge in [0, 0.05) is 20.7 Å². The number of hydrogen-bond acceptors (Lipinski definition) is 8. The highest BCUT2D eigenvalue weighted by atomic mass is 17.2. The highest BCUT2D eigenvalue weighted by molar-refractivity contribution is 5.96. The van der Waals surface area contributed by atoms with Crippen molar-refractivity contribution in [2.75, 3.05) is 13.7 Å². The summed E-state index contributed by atoms with van der Waals surface area (Å²) >= 11 is 0. The maximum absolute atomic E-state index is 12.6. The number of nitrogens with zero attached hydrogens (tertiary/aromatic N) is 5. The molecule has 1 aliphatic rings. The number of aryl methyl sites for hydroxylation is 1. The molecule has 0 spiro atoms. The molecule has 10 nitrogen and oxygen atoms in total. The second-order valence-corrected chi connectivity index (χ2v) is 6.12. The van der Waals surface area contributed by atoms with Gasteiger partial charge in [0.05, 0.1) is 11.4 Å². The SMILES string of the molecule is C=COOCc1c(CC)nc(N=NC2=C(O)C(OC)N(CCCC)C2=O)n1C. The molecule has 1 aliphatic heterocycles. The molecule has 154 valence electrons.